The number of ketones is 1. The highest BCUT2D eigenvalue weighted by molar-refractivity contribution is 5.97. The van der Waals surface area contributed by atoms with Crippen LogP contribution in [0.1, 0.15) is 23.2 Å². The van der Waals surface area contributed by atoms with Crippen LogP contribution in [0.5, 0.6) is 5.75 Å². The van der Waals surface area contributed by atoms with Crippen molar-refractivity contribution in [1.82, 2.24) is 4.90 Å². The first-order chi connectivity index (χ1) is 10.0. The van der Waals surface area contributed by atoms with Crippen molar-refractivity contribution in [1.29, 1.82) is 0 Å². The topological polar surface area (TPSA) is 72.6 Å². The molecule has 1 amide bonds. The molecule has 114 valence electrons. The number of halogens is 1. The quantitative estimate of drug-likeness (QED) is 0.829. The standard InChI is InChI=1S/C15H19FN2O3/c1-21-14-5-4-10(7-12(14)16)13(19)9-18-6-2-3-11(8-18)15(17)20/h4-5,7,11H,2-3,6,8-9H2,1H3,(H2,17,20). The zero-order valence-electron chi connectivity index (χ0n) is 12.0. The first-order valence-corrected chi connectivity index (χ1v) is 6.89. The number of Topliss-reactive ketones (excluding diaryl/α,β-unsaturated/α-hetero) is 1. The molecule has 6 heteroatoms. The number of carbonyl (C=O) groups excluding carboxylic acids is 2. The van der Waals surface area contributed by atoms with Gasteiger partial charge in [0.25, 0.3) is 0 Å². The maximum Gasteiger partial charge on any atom is 0.221 e. The Morgan fingerprint density at radius 2 is 2.24 bits per heavy atom. The van der Waals surface area contributed by atoms with E-state index in [-0.39, 0.29) is 29.9 Å². The minimum atomic E-state index is -0.558. The van der Waals surface area contributed by atoms with E-state index in [9.17, 15) is 14.0 Å². The van der Waals surface area contributed by atoms with Gasteiger partial charge in [-0.15, -0.1) is 0 Å². The van der Waals surface area contributed by atoms with Crippen molar-refractivity contribution in [2.75, 3.05) is 26.7 Å². The minimum absolute atomic E-state index is 0.110. The van der Waals surface area contributed by atoms with E-state index in [1.807, 2.05) is 4.90 Å². The lowest BCUT2D eigenvalue weighted by Gasteiger charge is -2.30. The molecule has 2 N–H and O–H groups in total. The maximum absolute atomic E-state index is 13.6. The molecule has 0 saturated carbocycles. The van der Waals surface area contributed by atoms with Crippen LogP contribution in [0, 0.1) is 11.7 Å². The van der Waals surface area contributed by atoms with Gasteiger partial charge in [0.05, 0.1) is 19.6 Å². The number of nitrogens with two attached hydrogens (primary N) is 1. The van der Waals surface area contributed by atoms with Gasteiger partial charge >= 0.3 is 0 Å². The van der Waals surface area contributed by atoms with E-state index in [2.05, 4.69) is 0 Å². The van der Waals surface area contributed by atoms with Crippen LogP contribution in [0.3, 0.4) is 0 Å². The number of ether oxygens (including phenoxy) is 1. The number of hydrogen-bond acceptors (Lipinski definition) is 4. The molecule has 1 aromatic rings. The molecule has 2 rings (SSSR count). The van der Waals surface area contributed by atoms with Crippen LogP contribution in [-0.4, -0.2) is 43.3 Å². The van der Waals surface area contributed by atoms with Crippen LogP contribution < -0.4 is 10.5 Å². The van der Waals surface area contributed by atoms with Crippen molar-refractivity contribution >= 4 is 11.7 Å². The first-order valence-electron chi connectivity index (χ1n) is 6.89. The Kier molecular flexibility index (Phi) is 4.90. The fraction of sp³-hybridized carbons (Fsp3) is 0.467. The van der Waals surface area contributed by atoms with Gasteiger partial charge in [-0.2, -0.15) is 0 Å². The number of piperidine rings is 1. The van der Waals surface area contributed by atoms with Gasteiger partial charge in [-0.05, 0) is 37.6 Å². The number of likely N-dealkylation sites (tertiary alicyclic amines) is 1. The number of nitrogens with zero attached hydrogens (tertiary/aromatic N) is 1. The van der Waals surface area contributed by atoms with Crippen molar-refractivity contribution in [3.05, 3.63) is 29.6 Å². The van der Waals surface area contributed by atoms with E-state index in [1.165, 1.54) is 19.2 Å². The van der Waals surface area contributed by atoms with Gasteiger partial charge in [0.1, 0.15) is 0 Å². The number of rotatable bonds is 5. The SMILES string of the molecule is COc1ccc(C(=O)CN2CCCC(C(N)=O)C2)cc1F. The summed E-state index contributed by atoms with van der Waals surface area (Å²) in [5.74, 6) is -1.17. The highest BCUT2D eigenvalue weighted by atomic mass is 19.1. The van der Waals surface area contributed by atoms with Gasteiger partial charge in [0.2, 0.25) is 5.91 Å². The molecule has 1 atom stereocenters. The fourth-order valence-corrected chi connectivity index (χ4v) is 2.57. The summed E-state index contributed by atoms with van der Waals surface area (Å²) >= 11 is 0. The summed E-state index contributed by atoms with van der Waals surface area (Å²) in [7, 11) is 1.37. The molecule has 1 heterocycles. The summed E-state index contributed by atoms with van der Waals surface area (Å²) in [6, 6.07) is 4.15. The van der Waals surface area contributed by atoms with Crippen LogP contribution in [0.2, 0.25) is 0 Å². The van der Waals surface area contributed by atoms with Crippen LogP contribution in [0.15, 0.2) is 18.2 Å². The Labute approximate surface area is 122 Å². The predicted molar refractivity (Wildman–Crippen MR) is 75.6 cm³/mol. The largest absolute Gasteiger partial charge is 0.494 e. The second-order valence-corrected chi connectivity index (χ2v) is 5.25. The van der Waals surface area contributed by atoms with E-state index in [4.69, 9.17) is 10.5 Å². The van der Waals surface area contributed by atoms with Gasteiger partial charge in [-0.1, -0.05) is 0 Å². The molecule has 0 spiro atoms. The number of amides is 1. The molecular formula is C15H19FN2O3. The lowest BCUT2D eigenvalue weighted by atomic mass is 9.97. The molecule has 1 aliphatic heterocycles. The van der Waals surface area contributed by atoms with Gasteiger partial charge in [0.15, 0.2) is 17.3 Å². The second kappa shape index (κ2) is 6.67. The minimum Gasteiger partial charge on any atom is -0.494 e. The van der Waals surface area contributed by atoms with E-state index in [0.29, 0.717) is 12.1 Å². The molecule has 1 saturated heterocycles. The van der Waals surface area contributed by atoms with Gasteiger partial charge in [-0.3, -0.25) is 14.5 Å². The fourth-order valence-electron chi connectivity index (χ4n) is 2.57. The molecule has 1 aromatic carbocycles. The summed E-state index contributed by atoms with van der Waals surface area (Å²) in [5.41, 5.74) is 5.61. The van der Waals surface area contributed by atoms with Crippen molar-refractivity contribution < 1.29 is 18.7 Å². The summed E-state index contributed by atoms with van der Waals surface area (Å²) in [4.78, 5) is 25.3. The monoisotopic (exact) mass is 294 g/mol. The molecule has 0 bridgehead atoms. The third-order valence-corrected chi connectivity index (χ3v) is 3.75. The second-order valence-electron chi connectivity index (χ2n) is 5.25. The Morgan fingerprint density at radius 1 is 1.48 bits per heavy atom. The average Bonchev–Trinajstić information content (AvgIpc) is 2.47. The molecule has 0 aromatic heterocycles. The van der Waals surface area contributed by atoms with E-state index in [0.717, 1.165) is 19.4 Å². The lowest BCUT2D eigenvalue weighted by Crippen LogP contribution is -2.43. The average molecular weight is 294 g/mol. The first kappa shape index (κ1) is 15.4. The third-order valence-electron chi connectivity index (χ3n) is 3.75. The normalized spacial score (nSPS) is 19.2. The lowest BCUT2D eigenvalue weighted by molar-refractivity contribution is -0.123. The van der Waals surface area contributed by atoms with E-state index in [1.54, 1.807) is 6.07 Å². The van der Waals surface area contributed by atoms with E-state index < -0.39 is 5.82 Å². The molecule has 5 nitrogen and oxygen atoms in total. The number of carbonyl (C=O) groups is 2. The van der Waals surface area contributed by atoms with Crippen molar-refractivity contribution in [2.45, 2.75) is 12.8 Å². The zero-order valence-corrected chi connectivity index (χ0v) is 12.0. The van der Waals surface area contributed by atoms with Crippen LogP contribution in [0.25, 0.3) is 0 Å². The van der Waals surface area contributed by atoms with Gasteiger partial charge in [-0.25, -0.2) is 4.39 Å². The highest BCUT2D eigenvalue weighted by Crippen LogP contribution is 2.20. The van der Waals surface area contributed by atoms with Crippen molar-refractivity contribution in [3.63, 3.8) is 0 Å². The zero-order chi connectivity index (χ0) is 15.4. The third kappa shape index (κ3) is 3.78. The highest BCUT2D eigenvalue weighted by Gasteiger charge is 2.25. The summed E-state index contributed by atoms with van der Waals surface area (Å²) < 4.78 is 18.4. The summed E-state index contributed by atoms with van der Waals surface area (Å²) in [6.45, 7) is 1.39. The molecule has 1 aliphatic rings. The Hall–Kier alpha value is -1.95. The molecule has 0 aliphatic carbocycles. The van der Waals surface area contributed by atoms with Gasteiger partial charge in [0, 0.05) is 12.1 Å². The summed E-state index contributed by atoms with van der Waals surface area (Å²) in [6.07, 6.45) is 1.59. The number of benzene rings is 1. The van der Waals surface area contributed by atoms with Crippen LogP contribution in [-0.2, 0) is 4.79 Å². The van der Waals surface area contributed by atoms with Crippen LogP contribution >= 0.6 is 0 Å². The van der Waals surface area contributed by atoms with Gasteiger partial charge < -0.3 is 10.5 Å². The van der Waals surface area contributed by atoms with Crippen molar-refractivity contribution in [3.8, 4) is 5.75 Å². The predicted octanol–water partition coefficient (Wildman–Crippen LogP) is 1.21. The number of primary amides is 1. The van der Waals surface area contributed by atoms with Crippen molar-refractivity contribution in [2.24, 2.45) is 11.7 Å². The molecule has 1 unspecified atom stereocenters. The number of methoxy groups -OCH3 is 1. The Morgan fingerprint density at radius 3 is 2.86 bits per heavy atom. The van der Waals surface area contributed by atoms with E-state index >= 15 is 0 Å². The Balaban J connectivity index is 2.01. The molecule has 1 fully saturated rings. The van der Waals surface area contributed by atoms with Crippen LogP contribution in [0.4, 0.5) is 4.39 Å². The summed E-state index contributed by atoms with van der Waals surface area (Å²) in [5, 5.41) is 0. The number of hydrogen-bond donors (Lipinski definition) is 1. The molecular weight excluding hydrogens is 275 g/mol. The molecule has 21 heavy (non-hydrogen) atoms. The Bertz CT molecular complexity index is 548. The molecule has 0 radical (unpaired) electrons. The maximum atomic E-state index is 13.6. The smallest absolute Gasteiger partial charge is 0.221 e.